The molecule has 0 aliphatic rings. The highest BCUT2D eigenvalue weighted by molar-refractivity contribution is 5.94. The first-order valence-corrected chi connectivity index (χ1v) is 7.82. The second kappa shape index (κ2) is 8.22. The maximum absolute atomic E-state index is 12.1. The molecular weight excluding hydrogens is 290 g/mol. The summed E-state index contributed by atoms with van der Waals surface area (Å²) in [7, 11) is 0. The molecule has 0 atom stereocenters. The van der Waals surface area contributed by atoms with Gasteiger partial charge in [0.05, 0.1) is 13.2 Å². The number of ether oxygens (including phenoxy) is 2. The Bertz CT molecular complexity index is 667. The van der Waals surface area contributed by atoms with E-state index in [1.54, 1.807) is 6.07 Å². The zero-order valence-electron chi connectivity index (χ0n) is 13.9. The molecule has 4 heteroatoms. The molecule has 0 spiro atoms. The van der Waals surface area contributed by atoms with Crippen LogP contribution in [0.4, 0.5) is 0 Å². The molecule has 1 N–H and O–H groups in total. The molecule has 0 bridgehead atoms. The lowest BCUT2D eigenvalue weighted by atomic mass is 10.1. The summed E-state index contributed by atoms with van der Waals surface area (Å²) in [6, 6.07) is 13.3. The van der Waals surface area contributed by atoms with Crippen LogP contribution in [-0.4, -0.2) is 25.7 Å². The fourth-order valence-corrected chi connectivity index (χ4v) is 2.25. The van der Waals surface area contributed by atoms with E-state index < -0.39 is 0 Å². The van der Waals surface area contributed by atoms with Gasteiger partial charge in [0.1, 0.15) is 18.1 Å². The minimum Gasteiger partial charge on any atom is -0.494 e. The highest BCUT2D eigenvalue weighted by atomic mass is 16.5. The Morgan fingerprint density at radius 3 is 2.43 bits per heavy atom. The van der Waals surface area contributed by atoms with Crippen molar-refractivity contribution in [1.82, 2.24) is 5.32 Å². The van der Waals surface area contributed by atoms with E-state index in [4.69, 9.17) is 9.47 Å². The lowest BCUT2D eigenvalue weighted by Gasteiger charge is -2.11. The molecule has 23 heavy (non-hydrogen) atoms. The second-order valence-corrected chi connectivity index (χ2v) is 5.28. The van der Waals surface area contributed by atoms with Gasteiger partial charge in [-0.25, -0.2) is 0 Å². The molecule has 122 valence electrons. The minimum atomic E-state index is -0.107. The molecular formula is C19H23NO3. The van der Waals surface area contributed by atoms with Crippen molar-refractivity contribution in [2.24, 2.45) is 0 Å². The average Bonchev–Trinajstić information content (AvgIpc) is 2.55. The Morgan fingerprint density at radius 1 is 1.00 bits per heavy atom. The van der Waals surface area contributed by atoms with Crippen LogP contribution in [0.25, 0.3) is 0 Å². The van der Waals surface area contributed by atoms with Gasteiger partial charge in [-0.15, -0.1) is 0 Å². The van der Waals surface area contributed by atoms with Crippen LogP contribution in [-0.2, 0) is 0 Å². The van der Waals surface area contributed by atoms with Gasteiger partial charge >= 0.3 is 0 Å². The van der Waals surface area contributed by atoms with E-state index in [9.17, 15) is 4.79 Å². The first-order valence-electron chi connectivity index (χ1n) is 7.82. The summed E-state index contributed by atoms with van der Waals surface area (Å²) in [4.78, 5) is 12.1. The molecule has 0 aromatic heterocycles. The van der Waals surface area contributed by atoms with Gasteiger partial charge in [-0.05, 0) is 56.2 Å². The third kappa shape index (κ3) is 4.74. The molecule has 0 heterocycles. The normalized spacial score (nSPS) is 10.2. The topological polar surface area (TPSA) is 47.6 Å². The summed E-state index contributed by atoms with van der Waals surface area (Å²) in [6.45, 7) is 7.38. The molecule has 4 nitrogen and oxygen atoms in total. The summed E-state index contributed by atoms with van der Waals surface area (Å²) < 4.78 is 11.1. The molecule has 0 saturated carbocycles. The molecule has 2 aromatic carbocycles. The van der Waals surface area contributed by atoms with Crippen LogP contribution in [0.2, 0.25) is 0 Å². The van der Waals surface area contributed by atoms with Gasteiger partial charge in [-0.1, -0.05) is 18.2 Å². The van der Waals surface area contributed by atoms with Gasteiger partial charge < -0.3 is 14.8 Å². The Balaban J connectivity index is 1.83. The van der Waals surface area contributed by atoms with Crippen molar-refractivity contribution >= 4 is 5.91 Å². The molecule has 0 aliphatic carbocycles. The summed E-state index contributed by atoms with van der Waals surface area (Å²) in [6.07, 6.45) is 0. The summed E-state index contributed by atoms with van der Waals surface area (Å²) >= 11 is 0. The highest BCUT2D eigenvalue weighted by Gasteiger charge is 2.08. The fourth-order valence-electron chi connectivity index (χ4n) is 2.25. The number of para-hydroxylation sites is 1. The maximum Gasteiger partial charge on any atom is 0.251 e. The third-order valence-corrected chi connectivity index (χ3v) is 3.48. The molecule has 0 unspecified atom stereocenters. The average molecular weight is 313 g/mol. The van der Waals surface area contributed by atoms with Crippen LogP contribution >= 0.6 is 0 Å². The van der Waals surface area contributed by atoms with Crippen LogP contribution in [0.3, 0.4) is 0 Å². The predicted octanol–water partition coefficient (Wildman–Crippen LogP) is 3.51. The van der Waals surface area contributed by atoms with Crippen LogP contribution in [0, 0.1) is 13.8 Å². The molecule has 0 radical (unpaired) electrons. The van der Waals surface area contributed by atoms with Crippen LogP contribution in [0.5, 0.6) is 11.5 Å². The smallest absolute Gasteiger partial charge is 0.251 e. The zero-order valence-corrected chi connectivity index (χ0v) is 13.9. The van der Waals surface area contributed by atoms with Gasteiger partial charge in [-0.2, -0.15) is 0 Å². The van der Waals surface area contributed by atoms with E-state index in [1.807, 2.05) is 57.2 Å². The second-order valence-electron chi connectivity index (χ2n) is 5.28. The van der Waals surface area contributed by atoms with Gasteiger partial charge in [0.2, 0.25) is 0 Å². The van der Waals surface area contributed by atoms with Crippen molar-refractivity contribution in [3.63, 3.8) is 0 Å². The number of hydrogen-bond donors (Lipinski definition) is 1. The standard InChI is InChI=1S/C19H23NO3/c1-4-22-18-10-9-16(13-15(18)3)19(21)20-11-12-23-17-8-6-5-7-14(17)2/h5-10,13H,4,11-12H2,1-3H3,(H,20,21). The summed E-state index contributed by atoms with van der Waals surface area (Å²) in [5, 5.41) is 2.86. The Hall–Kier alpha value is -2.49. The summed E-state index contributed by atoms with van der Waals surface area (Å²) in [5.74, 6) is 1.55. The predicted molar refractivity (Wildman–Crippen MR) is 91.4 cm³/mol. The van der Waals surface area contributed by atoms with Crippen molar-refractivity contribution < 1.29 is 14.3 Å². The van der Waals surface area contributed by atoms with Gasteiger partial charge in [0.25, 0.3) is 5.91 Å². The van der Waals surface area contributed by atoms with E-state index in [2.05, 4.69) is 5.32 Å². The lowest BCUT2D eigenvalue weighted by molar-refractivity contribution is 0.0947. The molecule has 1 amide bonds. The number of amides is 1. The van der Waals surface area contributed by atoms with Crippen LogP contribution in [0.1, 0.15) is 28.4 Å². The number of aryl methyl sites for hydroxylation is 2. The van der Waals surface area contributed by atoms with Crippen LogP contribution in [0.15, 0.2) is 42.5 Å². The molecule has 2 aromatic rings. The number of carbonyl (C=O) groups excluding carboxylic acids is 1. The van der Waals surface area contributed by atoms with E-state index in [0.29, 0.717) is 25.3 Å². The van der Waals surface area contributed by atoms with E-state index >= 15 is 0 Å². The highest BCUT2D eigenvalue weighted by Crippen LogP contribution is 2.19. The van der Waals surface area contributed by atoms with Crippen molar-refractivity contribution in [3.8, 4) is 11.5 Å². The van der Waals surface area contributed by atoms with E-state index in [-0.39, 0.29) is 5.91 Å². The number of nitrogens with one attached hydrogen (secondary N) is 1. The van der Waals surface area contributed by atoms with Crippen molar-refractivity contribution in [2.75, 3.05) is 19.8 Å². The van der Waals surface area contributed by atoms with E-state index in [1.165, 1.54) is 0 Å². The van der Waals surface area contributed by atoms with Gasteiger partial charge in [0, 0.05) is 5.56 Å². The number of rotatable bonds is 7. The van der Waals surface area contributed by atoms with Gasteiger partial charge in [-0.3, -0.25) is 4.79 Å². The van der Waals surface area contributed by atoms with Crippen molar-refractivity contribution in [1.29, 1.82) is 0 Å². The van der Waals surface area contributed by atoms with Crippen molar-refractivity contribution in [2.45, 2.75) is 20.8 Å². The maximum atomic E-state index is 12.1. The minimum absolute atomic E-state index is 0.107. The number of carbonyl (C=O) groups is 1. The first kappa shape index (κ1) is 16.9. The largest absolute Gasteiger partial charge is 0.494 e. The number of benzene rings is 2. The molecule has 2 rings (SSSR count). The first-order chi connectivity index (χ1) is 11.1. The fraction of sp³-hybridized carbons (Fsp3) is 0.316. The number of hydrogen-bond acceptors (Lipinski definition) is 3. The summed E-state index contributed by atoms with van der Waals surface area (Å²) in [5.41, 5.74) is 2.67. The molecule has 0 saturated heterocycles. The Kier molecular flexibility index (Phi) is 6.03. The Labute approximate surface area is 137 Å². The zero-order chi connectivity index (χ0) is 16.7. The molecule has 0 aliphatic heterocycles. The van der Waals surface area contributed by atoms with Crippen LogP contribution < -0.4 is 14.8 Å². The monoisotopic (exact) mass is 313 g/mol. The van der Waals surface area contributed by atoms with Gasteiger partial charge in [0.15, 0.2) is 0 Å². The Morgan fingerprint density at radius 2 is 1.74 bits per heavy atom. The van der Waals surface area contributed by atoms with E-state index in [0.717, 1.165) is 22.6 Å². The third-order valence-electron chi connectivity index (χ3n) is 3.48. The SMILES string of the molecule is CCOc1ccc(C(=O)NCCOc2ccccc2C)cc1C. The lowest BCUT2D eigenvalue weighted by Crippen LogP contribution is -2.28. The van der Waals surface area contributed by atoms with Crippen molar-refractivity contribution in [3.05, 3.63) is 59.2 Å². The quantitative estimate of drug-likeness (QED) is 0.796. The molecule has 0 fully saturated rings.